The lowest BCUT2D eigenvalue weighted by molar-refractivity contribution is -0.145. The van der Waals surface area contributed by atoms with Crippen molar-refractivity contribution >= 4 is 29.7 Å². The summed E-state index contributed by atoms with van der Waals surface area (Å²) in [6.07, 6.45) is -3.35. The van der Waals surface area contributed by atoms with Crippen molar-refractivity contribution in [1.29, 1.82) is 0 Å². The Balaban J connectivity index is 2.10. The van der Waals surface area contributed by atoms with Gasteiger partial charge in [-0.15, -0.1) is 0 Å². The number of hydrogen-bond donors (Lipinski definition) is 1. The number of hydrazone groups is 1. The molecule has 0 aromatic heterocycles. The van der Waals surface area contributed by atoms with E-state index in [1.807, 2.05) is 0 Å². The molecule has 2 aromatic carbocycles. The van der Waals surface area contributed by atoms with Crippen molar-refractivity contribution in [3.8, 4) is 11.5 Å². The molecule has 0 atom stereocenters. The molecule has 1 amide bonds. The Labute approximate surface area is 180 Å². The fraction of sp³-hybridized carbons (Fsp3) is 0.250. The second kappa shape index (κ2) is 10.7. The van der Waals surface area contributed by atoms with Gasteiger partial charge in [0.1, 0.15) is 0 Å². The Morgan fingerprint density at radius 1 is 1.23 bits per heavy atom. The summed E-state index contributed by atoms with van der Waals surface area (Å²) in [5.74, 6) is -1.09. The van der Waals surface area contributed by atoms with Gasteiger partial charge < -0.3 is 14.2 Å². The van der Waals surface area contributed by atoms with E-state index in [1.54, 1.807) is 6.92 Å². The van der Waals surface area contributed by atoms with E-state index < -0.39 is 23.6 Å². The second-order valence-corrected chi connectivity index (χ2v) is 6.31. The lowest BCUT2D eigenvalue weighted by Crippen LogP contribution is -2.18. The van der Waals surface area contributed by atoms with Crippen LogP contribution in [0.2, 0.25) is 5.02 Å². The van der Waals surface area contributed by atoms with Crippen LogP contribution in [0.25, 0.3) is 0 Å². The molecule has 0 unspecified atom stereocenters. The van der Waals surface area contributed by atoms with Crippen molar-refractivity contribution in [1.82, 2.24) is 5.43 Å². The lowest BCUT2D eigenvalue weighted by Gasteiger charge is -2.12. The maximum atomic E-state index is 12.8. The Morgan fingerprint density at radius 2 is 1.97 bits per heavy atom. The average Bonchev–Trinajstić information content (AvgIpc) is 2.72. The van der Waals surface area contributed by atoms with Gasteiger partial charge in [0, 0.05) is 5.56 Å². The molecule has 0 aliphatic carbocycles. The fourth-order valence-electron chi connectivity index (χ4n) is 2.35. The summed E-state index contributed by atoms with van der Waals surface area (Å²) in [6.45, 7) is 1.49. The van der Waals surface area contributed by atoms with Gasteiger partial charge in [-0.05, 0) is 42.8 Å². The van der Waals surface area contributed by atoms with Crippen LogP contribution in [0.3, 0.4) is 0 Å². The van der Waals surface area contributed by atoms with Gasteiger partial charge in [0.2, 0.25) is 0 Å². The number of benzene rings is 2. The van der Waals surface area contributed by atoms with Gasteiger partial charge in [-0.2, -0.15) is 18.3 Å². The highest BCUT2D eigenvalue weighted by Crippen LogP contribution is 2.36. The summed E-state index contributed by atoms with van der Waals surface area (Å²) < 4.78 is 53.6. The van der Waals surface area contributed by atoms with Crippen molar-refractivity contribution < 1.29 is 37.0 Å². The first-order chi connectivity index (χ1) is 14.7. The van der Waals surface area contributed by atoms with Crippen LogP contribution in [0.1, 0.15) is 28.4 Å². The number of amides is 1. The van der Waals surface area contributed by atoms with Gasteiger partial charge in [0.05, 0.1) is 30.5 Å². The van der Waals surface area contributed by atoms with Crippen LogP contribution >= 0.6 is 11.6 Å². The summed E-state index contributed by atoms with van der Waals surface area (Å²) in [4.78, 5) is 23.5. The first-order valence-electron chi connectivity index (χ1n) is 8.82. The fourth-order valence-corrected chi connectivity index (χ4v) is 2.63. The molecule has 166 valence electrons. The van der Waals surface area contributed by atoms with E-state index in [9.17, 15) is 22.8 Å². The number of carbonyl (C=O) groups excluding carboxylic acids is 2. The molecular weight excluding hydrogens is 441 g/mol. The van der Waals surface area contributed by atoms with Gasteiger partial charge in [-0.1, -0.05) is 17.7 Å². The van der Waals surface area contributed by atoms with Crippen LogP contribution in [0.15, 0.2) is 41.5 Å². The van der Waals surface area contributed by atoms with Gasteiger partial charge in [-0.3, -0.25) is 4.79 Å². The van der Waals surface area contributed by atoms with Crippen molar-refractivity contribution in [2.75, 3.05) is 20.3 Å². The van der Waals surface area contributed by atoms with Crippen LogP contribution in [-0.4, -0.2) is 38.4 Å². The quantitative estimate of drug-likeness (QED) is 0.366. The molecular formula is C20H18ClF3N2O5. The molecule has 0 aliphatic rings. The van der Waals surface area contributed by atoms with Crippen LogP contribution in [-0.2, 0) is 15.7 Å². The average molecular weight is 459 g/mol. The topological polar surface area (TPSA) is 86.2 Å². The number of nitrogens with zero attached hydrogens (tertiary/aromatic N) is 1. The number of alkyl halides is 3. The molecule has 0 aliphatic heterocycles. The highest BCUT2D eigenvalue weighted by Gasteiger charge is 2.30. The number of carbonyl (C=O) groups is 2. The number of ether oxygens (including phenoxy) is 3. The lowest BCUT2D eigenvalue weighted by atomic mass is 10.1. The summed E-state index contributed by atoms with van der Waals surface area (Å²) in [7, 11) is 1.36. The van der Waals surface area contributed by atoms with Gasteiger partial charge in [0.25, 0.3) is 5.91 Å². The van der Waals surface area contributed by atoms with Gasteiger partial charge in [0.15, 0.2) is 18.1 Å². The zero-order chi connectivity index (χ0) is 23.0. The van der Waals surface area contributed by atoms with Crippen LogP contribution in [0.5, 0.6) is 11.5 Å². The molecule has 0 fully saturated rings. The Morgan fingerprint density at radius 3 is 2.61 bits per heavy atom. The minimum absolute atomic E-state index is 0.106. The predicted octanol–water partition coefficient (Wildman–Crippen LogP) is 4.07. The van der Waals surface area contributed by atoms with Gasteiger partial charge in [-0.25, -0.2) is 10.2 Å². The normalized spacial score (nSPS) is 11.3. The summed E-state index contributed by atoms with van der Waals surface area (Å²) in [5.41, 5.74) is 1.39. The summed E-state index contributed by atoms with van der Waals surface area (Å²) in [5, 5.41) is 3.83. The smallest absolute Gasteiger partial charge is 0.416 e. The molecule has 0 saturated carbocycles. The Kier molecular flexibility index (Phi) is 8.26. The van der Waals surface area contributed by atoms with E-state index in [4.69, 9.17) is 25.8 Å². The Bertz CT molecular complexity index is 980. The maximum absolute atomic E-state index is 12.8. The third kappa shape index (κ3) is 6.88. The molecule has 0 heterocycles. The Hall–Kier alpha value is -3.27. The standard InChI is InChI=1S/C20H18ClF3N2O5/c1-3-30-17(27)11-31-18-15(21)7-12(8-16(18)29-2)10-25-26-19(28)13-5-4-6-14(9-13)20(22,23)24/h4-10H,3,11H2,1-2H3,(H,26,28)/b25-10-. The summed E-state index contributed by atoms with van der Waals surface area (Å²) >= 11 is 6.16. The van der Waals surface area contributed by atoms with E-state index in [1.165, 1.54) is 31.5 Å². The van der Waals surface area contributed by atoms with E-state index in [0.29, 0.717) is 5.56 Å². The molecule has 0 radical (unpaired) electrons. The molecule has 2 rings (SSSR count). The zero-order valence-corrected chi connectivity index (χ0v) is 17.2. The van der Waals surface area contributed by atoms with E-state index in [0.717, 1.165) is 18.2 Å². The third-order valence-electron chi connectivity index (χ3n) is 3.72. The zero-order valence-electron chi connectivity index (χ0n) is 16.5. The van der Waals surface area contributed by atoms with Crippen LogP contribution in [0.4, 0.5) is 13.2 Å². The number of esters is 1. The highest BCUT2D eigenvalue weighted by molar-refractivity contribution is 6.32. The number of halogens is 4. The summed E-state index contributed by atoms with van der Waals surface area (Å²) in [6, 6.07) is 6.86. The minimum atomic E-state index is -4.57. The van der Waals surface area contributed by atoms with Crippen molar-refractivity contribution in [3.63, 3.8) is 0 Å². The number of hydrogen-bond acceptors (Lipinski definition) is 6. The predicted molar refractivity (Wildman–Crippen MR) is 107 cm³/mol. The molecule has 7 nitrogen and oxygen atoms in total. The molecule has 0 spiro atoms. The maximum Gasteiger partial charge on any atom is 0.416 e. The monoisotopic (exact) mass is 458 g/mol. The van der Waals surface area contributed by atoms with Crippen molar-refractivity contribution in [2.45, 2.75) is 13.1 Å². The first-order valence-corrected chi connectivity index (χ1v) is 9.20. The number of methoxy groups -OCH3 is 1. The first kappa shape index (κ1) is 24.0. The van der Waals surface area contributed by atoms with E-state index >= 15 is 0 Å². The molecule has 11 heteroatoms. The van der Waals surface area contributed by atoms with Crippen molar-refractivity contribution in [3.05, 3.63) is 58.1 Å². The second-order valence-electron chi connectivity index (χ2n) is 5.91. The highest BCUT2D eigenvalue weighted by atomic mass is 35.5. The largest absolute Gasteiger partial charge is 0.493 e. The minimum Gasteiger partial charge on any atom is -0.493 e. The van der Waals surface area contributed by atoms with Gasteiger partial charge >= 0.3 is 12.1 Å². The SMILES string of the molecule is CCOC(=O)COc1c(Cl)cc(/C=N\NC(=O)c2cccc(C(F)(F)F)c2)cc1OC. The van der Waals surface area contributed by atoms with Crippen molar-refractivity contribution in [2.24, 2.45) is 5.10 Å². The molecule has 31 heavy (non-hydrogen) atoms. The van der Waals surface area contributed by atoms with E-state index in [2.05, 4.69) is 10.5 Å². The number of nitrogens with one attached hydrogen (secondary N) is 1. The van der Waals surface area contributed by atoms with Crippen LogP contribution in [0, 0.1) is 0 Å². The van der Waals surface area contributed by atoms with E-state index in [-0.39, 0.29) is 35.3 Å². The molecule has 0 bridgehead atoms. The molecule has 0 saturated heterocycles. The molecule has 1 N–H and O–H groups in total. The number of rotatable bonds is 8. The van der Waals surface area contributed by atoms with Crippen LogP contribution < -0.4 is 14.9 Å². The molecule has 2 aromatic rings. The third-order valence-corrected chi connectivity index (χ3v) is 4.00.